The van der Waals surface area contributed by atoms with Crippen molar-refractivity contribution in [3.8, 4) is 0 Å². The monoisotopic (exact) mass is 315 g/mol. The zero-order valence-corrected chi connectivity index (χ0v) is 12.5. The summed E-state index contributed by atoms with van der Waals surface area (Å²) in [4.78, 5) is 44.7. The molecule has 124 valence electrons. The van der Waals surface area contributed by atoms with Crippen molar-refractivity contribution >= 4 is 23.8 Å². The standard InChI is InChI=1S/C13H21N3O6/c1-3-4-9(13(20)21)16-12(19)8(14)7-15-10(17)5-6-11(18)22-2/h5-6,8-9H,3-4,7,14H2,1-2H3,(H,15,17)(H,16,19)(H,20,21)/b6-5+/t8-,9?/m0/s1. The van der Waals surface area contributed by atoms with Gasteiger partial charge in [-0.25, -0.2) is 9.59 Å². The quantitative estimate of drug-likeness (QED) is 0.300. The Labute approximate surface area is 127 Å². The molecular weight excluding hydrogens is 294 g/mol. The van der Waals surface area contributed by atoms with Gasteiger partial charge >= 0.3 is 11.9 Å². The lowest BCUT2D eigenvalue weighted by atomic mass is 10.1. The van der Waals surface area contributed by atoms with Gasteiger partial charge in [0, 0.05) is 18.7 Å². The van der Waals surface area contributed by atoms with Gasteiger partial charge in [-0.05, 0) is 6.42 Å². The second-order valence-corrected chi connectivity index (χ2v) is 4.40. The van der Waals surface area contributed by atoms with Crippen LogP contribution in [0.2, 0.25) is 0 Å². The van der Waals surface area contributed by atoms with Crippen molar-refractivity contribution < 1.29 is 29.0 Å². The molecular formula is C13H21N3O6. The molecule has 0 saturated carbocycles. The van der Waals surface area contributed by atoms with Gasteiger partial charge in [0.25, 0.3) is 0 Å². The normalized spacial score (nSPS) is 13.2. The molecule has 1 unspecified atom stereocenters. The van der Waals surface area contributed by atoms with Crippen molar-refractivity contribution in [1.29, 1.82) is 0 Å². The van der Waals surface area contributed by atoms with Crippen molar-refractivity contribution in [3.63, 3.8) is 0 Å². The van der Waals surface area contributed by atoms with E-state index in [9.17, 15) is 19.2 Å². The van der Waals surface area contributed by atoms with Crippen LogP contribution in [-0.4, -0.2) is 54.6 Å². The Kier molecular flexibility index (Phi) is 9.19. The SMILES string of the molecule is CCCC(NC(=O)[C@@H](N)CNC(=O)/C=C/C(=O)OC)C(=O)O. The molecule has 9 heteroatoms. The highest BCUT2D eigenvalue weighted by Gasteiger charge is 2.22. The summed E-state index contributed by atoms with van der Waals surface area (Å²) in [5, 5.41) is 13.5. The summed E-state index contributed by atoms with van der Waals surface area (Å²) in [7, 11) is 1.17. The van der Waals surface area contributed by atoms with Crippen LogP contribution < -0.4 is 16.4 Å². The van der Waals surface area contributed by atoms with Crippen LogP contribution in [0.5, 0.6) is 0 Å². The van der Waals surface area contributed by atoms with Gasteiger partial charge in [0.05, 0.1) is 7.11 Å². The van der Waals surface area contributed by atoms with E-state index in [1.54, 1.807) is 6.92 Å². The number of amides is 2. The number of nitrogens with one attached hydrogen (secondary N) is 2. The number of esters is 1. The molecule has 2 amide bonds. The summed E-state index contributed by atoms with van der Waals surface area (Å²) in [6, 6.07) is -2.12. The molecule has 0 spiro atoms. The summed E-state index contributed by atoms with van der Waals surface area (Å²) < 4.78 is 4.30. The maximum absolute atomic E-state index is 11.7. The van der Waals surface area contributed by atoms with Gasteiger partial charge in [0.15, 0.2) is 0 Å². The molecule has 0 radical (unpaired) electrons. The van der Waals surface area contributed by atoms with E-state index >= 15 is 0 Å². The number of hydrogen-bond acceptors (Lipinski definition) is 6. The number of aliphatic carboxylic acids is 1. The Bertz CT molecular complexity index is 449. The molecule has 0 aliphatic carbocycles. The van der Waals surface area contributed by atoms with E-state index in [-0.39, 0.29) is 13.0 Å². The van der Waals surface area contributed by atoms with Gasteiger partial charge in [0.1, 0.15) is 12.1 Å². The molecule has 0 aromatic carbocycles. The predicted molar refractivity (Wildman–Crippen MR) is 76.6 cm³/mol. The summed E-state index contributed by atoms with van der Waals surface area (Å²) in [6.07, 6.45) is 2.72. The number of rotatable bonds is 9. The maximum atomic E-state index is 11.7. The predicted octanol–water partition coefficient (Wildman–Crippen LogP) is -1.47. The number of methoxy groups -OCH3 is 1. The number of nitrogens with two attached hydrogens (primary N) is 1. The van der Waals surface area contributed by atoms with Crippen LogP contribution >= 0.6 is 0 Å². The van der Waals surface area contributed by atoms with Crippen molar-refractivity contribution in [2.75, 3.05) is 13.7 Å². The number of carboxylic acid groups (broad SMARTS) is 1. The molecule has 0 saturated heterocycles. The lowest BCUT2D eigenvalue weighted by Gasteiger charge is -2.17. The van der Waals surface area contributed by atoms with Gasteiger partial charge in [-0.2, -0.15) is 0 Å². The highest BCUT2D eigenvalue weighted by atomic mass is 16.5. The van der Waals surface area contributed by atoms with Crippen molar-refractivity contribution in [1.82, 2.24) is 10.6 Å². The fraction of sp³-hybridized carbons (Fsp3) is 0.538. The first-order valence-electron chi connectivity index (χ1n) is 6.64. The van der Waals surface area contributed by atoms with Crippen LogP contribution in [0.1, 0.15) is 19.8 Å². The van der Waals surface area contributed by atoms with E-state index in [1.807, 2.05) is 0 Å². The average Bonchev–Trinajstić information content (AvgIpc) is 2.49. The molecule has 0 rings (SSSR count). The lowest BCUT2D eigenvalue weighted by molar-refractivity contribution is -0.142. The van der Waals surface area contributed by atoms with Crippen LogP contribution in [0.4, 0.5) is 0 Å². The fourth-order valence-electron chi connectivity index (χ4n) is 1.40. The largest absolute Gasteiger partial charge is 0.480 e. The summed E-state index contributed by atoms with van der Waals surface area (Å²) in [6.45, 7) is 1.59. The number of carbonyl (C=O) groups excluding carboxylic acids is 3. The van der Waals surface area contributed by atoms with Crippen LogP contribution in [0.3, 0.4) is 0 Å². The van der Waals surface area contributed by atoms with E-state index in [1.165, 1.54) is 7.11 Å². The van der Waals surface area contributed by atoms with Gasteiger partial charge in [0.2, 0.25) is 11.8 Å². The molecule has 22 heavy (non-hydrogen) atoms. The first kappa shape index (κ1) is 19.6. The maximum Gasteiger partial charge on any atom is 0.330 e. The number of carboxylic acids is 1. The zero-order valence-electron chi connectivity index (χ0n) is 12.5. The smallest absolute Gasteiger partial charge is 0.330 e. The Morgan fingerprint density at radius 1 is 1.27 bits per heavy atom. The second-order valence-electron chi connectivity index (χ2n) is 4.40. The third kappa shape index (κ3) is 8.00. The van der Waals surface area contributed by atoms with E-state index in [0.29, 0.717) is 6.42 Å². The lowest BCUT2D eigenvalue weighted by Crippen LogP contribution is -2.52. The zero-order chi connectivity index (χ0) is 17.1. The van der Waals surface area contributed by atoms with E-state index < -0.39 is 35.8 Å². The molecule has 0 aromatic rings. The molecule has 0 aromatic heterocycles. The van der Waals surface area contributed by atoms with E-state index in [0.717, 1.165) is 12.2 Å². The number of ether oxygens (including phenoxy) is 1. The Hall–Kier alpha value is -2.42. The van der Waals surface area contributed by atoms with Crippen LogP contribution in [-0.2, 0) is 23.9 Å². The first-order chi connectivity index (χ1) is 10.3. The third-order valence-corrected chi connectivity index (χ3v) is 2.60. The van der Waals surface area contributed by atoms with Gasteiger partial charge in [-0.1, -0.05) is 13.3 Å². The highest BCUT2D eigenvalue weighted by molar-refractivity contribution is 5.95. The third-order valence-electron chi connectivity index (χ3n) is 2.60. The number of hydrogen-bond donors (Lipinski definition) is 4. The summed E-state index contributed by atoms with van der Waals surface area (Å²) in [5.41, 5.74) is 5.56. The second kappa shape index (κ2) is 10.3. The fourth-order valence-corrected chi connectivity index (χ4v) is 1.40. The first-order valence-corrected chi connectivity index (χ1v) is 6.64. The number of carbonyl (C=O) groups is 4. The Morgan fingerprint density at radius 2 is 1.91 bits per heavy atom. The molecule has 2 atom stereocenters. The molecule has 0 aliphatic rings. The highest BCUT2D eigenvalue weighted by Crippen LogP contribution is 1.97. The average molecular weight is 315 g/mol. The Balaban J connectivity index is 4.30. The molecule has 0 heterocycles. The van der Waals surface area contributed by atoms with Crippen LogP contribution in [0.15, 0.2) is 12.2 Å². The topological polar surface area (TPSA) is 148 Å². The van der Waals surface area contributed by atoms with Gasteiger partial charge < -0.3 is 26.2 Å². The van der Waals surface area contributed by atoms with Crippen molar-refractivity contribution in [2.45, 2.75) is 31.8 Å². The minimum absolute atomic E-state index is 0.200. The van der Waals surface area contributed by atoms with Crippen LogP contribution in [0, 0.1) is 0 Å². The van der Waals surface area contributed by atoms with Crippen molar-refractivity contribution in [2.24, 2.45) is 5.73 Å². The molecule has 0 aliphatic heterocycles. The molecule has 0 fully saturated rings. The minimum Gasteiger partial charge on any atom is -0.480 e. The van der Waals surface area contributed by atoms with Gasteiger partial charge in [-0.3, -0.25) is 9.59 Å². The molecule has 0 bridgehead atoms. The summed E-state index contributed by atoms with van der Waals surface area (Å²) in [5.74, 6) is -3.15. The molecule has 5 N–H and O–H groups in total. The minimum atomic E-state index is -1.15. The van der Waals surface area contributed by atoms with Gasteiger partial charge in [-0.15, -0.1) is 0 Å². The summed E-state index contributed by atoms with van der Waals surface area (Å²) >= 11 is 0. The van der Waals surface area contributed by atoms with E-state index in [4.69, 9.17) is 10.8 Å². The Morgan fingerprint density at radius 3 is 2.41 bits per heavy atom. The molecule has 9 nitrogen and oxygen atoms in total. The van der Waals surface area contributed by atoms with Crippen LogP contribution in [0.25, 0.3) is 0 Å². The van der Waals surface area contributed by atoms with Crippen molar-refractivity contribution in [3.05, 3.63) is 12.2 Å². The van der Waals surface area contributed by atoms with E-state index in [2.05, 4.69) is 15.4 Å².